The van der Waals surface area contributed by atoms with Crippen molar-refractivity contribution in [3.63, 3.8) is 0 Å². The fourth-order valence-corrected chi connectivity index (χ4v) is 5.45. The first-order valence-electron chi connectivity index (χ1n) is 12.0. The van der Waals surface area contributed by atoms with Crippen molar-refractivity contribution < 1.29 is 8.78 Å². The SMILES string of the molecule is O=c1cc(-c2ccc3nc4n(c3n2)[C@@H](c2ccccc2)CC4)ccn1CC1CCC(F)(F)CC1. The van der Waals surface area contributed by atoms with Gasteiger partial charge >= 0.3 is 0 Å². The number of halogens is 2. The zero-order valence-corrected chi connectivity index (χ0v) is 18.8. The number of nitrogens with zero attached hydrogens (tertiary/aromatic N) is 4. The molecule has 3 aromatic heterocycles. The second-order valence-electron chi connectivity index (χ2n) is 9.61. The lowest BCUT2D eigenvalue weighted by Gasteiger charge is -2.28. The Morgan fingerprint density at radius 3 is 2.53 bits per heavy atom. The summed E-state index contributed by atoms with van der Waals surface area (Å²) in [6.45, 7) is 0.483. The molecule has 0 bridgehead atoms. The number of rotatable bonds is 4. The summed E-state index contributed by atoms with van der Waals surface area (Å²) >= 11 is 0. The van der Waals surface area contributed by atoms with E-state index in [1.165, 1.54) is 5.56 Å². The van der Waals surface area contributed by atoms with Crippen LogP contribution < -0.4 is 5.56 Å². The molecule has 0 amide bonds. The Bertz CT molecular complexity index is 1400. The van der Waals surface area contributed by atoms with Crippen molar-refractivity contribution in [3.05, 3.63) is 82.5 Å². The van der Waals surface area contributed by atoms with Crippen LogP contribution in [0.5, 0.6) is 0 Å². The maximum atomic E-state index is 13.4. The average molecular weight is 461 g/mol. The Balaban J connectivity index is 1.29. The molecule has 5 nitrogen and oxygen atoms in total. The van der Waals surface area contributed by atoms with Crippen LogP contribution in [0.3, 0.4) is 0 Å². The van der Waals surface area contributed by atoms with Crippen LogP contribution in [0.15, 0.2) is 65.6 Å². The van der Waals surface area contributed by atoms with E-state index in [0.717, 1.165) is 41.1 Å². The highest BCUT2D eigenvalue weighted by Crippen LogP contribution is 2.37. The molecule has 7 heteroatoms. The highest BCUT2D eigenvalue weighted by molar-refractivity contribution is 5.76. The van der Waals surface area contributed by atoms with Gasteiger partial charge in [-0.2, -0.15) is 0 Å². The molecule has 0 N–H and O–H groups in total. The smallest absolute Gasteiger partial charge is 0.251 e. The Labute approximate surface area is 196 Å². The van der Waals surface area contributed by atoms with Gasteiger partial charge in [-0.15, -0.1) is 0 Å². The molecule has 4 aromatic rings. The van der Waals surface area contributed by atoms with Crippen LogP contribution in [0, 0.1) is 5.92 Å². The number of imidazole rings is 1. The van der Waals surface area contributed by atoms with E-state index in [-0.39, 0.29) is 30.4 Å². The molecule has 0 unspecified atom stereocenters. The van der Waals surface area contributed by atoms with Crippen molar-refractivity contribution in [2.24, 2.45) is 5.92 Å². The van der Waals surface area contributed by atoms with Crippen molar-refractivity contribution in [1.82, 2.24) is 19.1 Å². The topological polar surface area (TPSA) is 52.7 Å². The molecule has 0 radical (unpaired) electrons. The maximum Gasteiger partial charge on any atom is 0.251 e. The second-order valence-corrected chi connectivity index (χ2v) is 9.61. The molecule has 0 spiro atoms. The average Bonchev–Trinajstić information content (AvgIpc) is 3.41. The lowest BCUT2D eigenvalue weighted by Crippen LogP contribution is -2.29. The second kappa shape index (κ2) is 8.15. The van der Waals surface area contributed by atoms with Gasteiger partial charge in [-0.3, -0.25) is 4.79 Å². The summed E-state index contributed by atoms with van der Waals surface area (Å²) in [4.78, 5) is 22.5. The summed E-state index contributed by atoms with van der Waals surface area (Å²) in [7, 11) is 0. The van der Waals surface area contributed by atoms with E-state index in [4.69, 9.17) is 9.97 Å². The number of hydrogen-bond donors (Lipinski definition) is 0. The van der Waals surface area contributed by atoms with Gasteiger partial charge in [-0.1, -0.05) is 30.3 Å². The number of pyridine rings is 2. The minimum atomic E-state index is -2.55. The highest BCUT2D eigenvalue weighted by Gasteiger charge is 2.35. The minimum Gasteiger partial charge on any atom is -0.315 e. The van der Waals surface area contributed by atoms with Crippen molar-refractivity contribution in [2.75, 3.05) is 0 Å². The van der Waals surface area contributed by atoms with Crippen LogP contribution in [-0.2, 0) is 13.0 Å². The largest absolute Gasteiger partial charge is 0.315 e. The monoisotopic (exact) mass is 460 g/mol. The van der Waals surface area contributed by atoms with E-state index in [9.17, 15) is 13.6 Å². The Morgan fingerprint density at radius 2 is 1.76 bits per heavy atom. The Hall–Kier alpha value is -3.35. The highest BCUT2D eigenvalue weighted by atomic mass is 19.3. The number of benzene rings is 1. The van der Waals surface area contributed by atoms with Gasteiger partial charge in [0.15, 0.2) is 5.65 Å². The predicted octanol–water partition coefficient (Wildman–Crippen LogP) is 5.62. The number of aryl methyl sites for hydroxylation is 1. The van der Waals surface area contributed by atoms with E-state index < -0.39 is 5.92 Å². The Morgan fingerprint density at radius 1 is 0.971 bits per heavy atom. The van der Waals surface area contributed by atoms with Gasteiger partial charge in [0.1, 0.15) is 11.3 Å². The van der Waals surface area contributed by atoms with Gasteiger partial charge in [0.2, 0.25) is 5.92 Å². The molecule has 1 fully saturated rings. The summed E-state index contributed by atoms with van der Waals surface area (Å²) in [5.41, 5.74) is 4.31. The van der Waals surface area contributed by atoms with Crippen molar-refractivity contribution in [3.8, 4) is 11.3 Å². The number of aromatic nitrogens is 4. The summed E-state index contributed by atoms with van der Waals surface area (Å²) in [6, 6.07) is 18.0. The fourth-order valence-electron chi connectivity index (χ4n) is 5.45. The Kier molecular flexibility index (Phi) is 5.08. The summed E-state index contributed by atoms with van der Waals surface area (Å²) in [6.07, 6.45) is 4.40. The third-order valence-electron chi connectivity index (χ3n) is 7.33. The van der Waals surface area contributed by atoms with Gasteiger partial charge in [0, 0.05) is 43.6 Å². The predicted molar refractivity (Wildman–Crippen MR) is 127 cm³/mol. The number of hydrogen-bond acceptors (Lipinski definition) is 3. The van der Waals surface area contributed by atoms with Gasteiger partial charge in [-0.25, -0.2) is 18.7 Å². The third-order valence-corrected chi connectivity index (χ3v) is 7.33. The van der Waals surface area contributed by atoms with Gasteiger partial charge in [0.05, 0.1) is 11.7 Å². The number of fused-ring (bicyclic) bond motifs is 3. The van der Waals surface area contributed by atoms with Crippen molar-refractivity contribution in [1.29, 1.82) is 0 Å². The molecule has 2 aliphatic rings. The van der Waals surface area contributed by atoms with Crippen LogP contribution in [-0.4, -0.2) is 25.0 Å². The molecule has 0 saturated heterocycles. The summed E-state index contributed by atoms with van der Waals surface area (Å²) in [5, 5.41) is 0. The van der Waals surface area contributed by atoms with E-state index in [1.54, 1.807) is 16.8 Å². The molecule has 174 valence electrons. The quantitative estimate of drug-likeness (QED) is 0.397. The maximum absolute atomic E-state index is 13.4. The standard InChI is InChI=1S/C27H26F2N4O/c28-27(29)13-10-18(11-14-27)17-32-15-12-20(16-25(32)34)21-6-7-22-26(31-21)33-23(8-9-24(33)30-22)19-4-2-1-3-5-19/h1-7,12,15-16,18,23H,8-11,13-14,17H2/t23-/m1/s1. The zero-order chi connectivity index (χ0) is 23.3. The first-order chi connectivity index (χ1) is 16.5. The molecule has 6 rings (SSSR count). The van der Waals surface area contributed by atoms with Crippen LogP contribution >= 0.6 is 0 Å². The normalized spacial score (nSPS) is 20.0. The lowest BCUT2D eigenvalue weighted by molar-refractivity contribution is -0.0474. The van der Waals surface area contributed by atoms with Crippen molar-refractivity contribution in [2.45, 2.75) is 57.0 Å². The molecule has 34 heavy (non-hydrogen) atoms. The fraction of sp³-hybridized carbons (Fsp3) is 0.370. The molecule has 4 heterocycles. The van der Waals surface area contributed by atoms with Crippen LogP contribution in [0.25, 0.3) is 22.4 Å². The number of alkyl halides is 2. The van der Waals surface area contributed by atoms with Crippen molar-refractivity contribution >= 4 is 11.2 Å². The van der Waals surface area contributed by atoms with E-state index in [2.05, 4.69) is 28.8 Å². The van der Waals surface area contributed by atoms with E-state index >= 15 is 0 Å². The van der Waals surface area contributed by atoms with Crippen LogP contribution in [0.1, 0.15) is 49.5 Å². The molecule has 1 atom stereocenters. The summed E-state index contributed by atoms with van der Waals surface area (Å²) in [5.74, 6) is -1.40. The van der Waals surface area contributed by atoms with Crippen LogP contribution in [0.4, 0.5) is 8.78 Å². The lowest BCUT2D eigenvalue weighted by atomic mass is 9.87. The van der Waals surface area contributed by atoms with Gasteiger partial charge in [0.25, 0.3) is 5.56 Å². The zero-order valence-electron chi connectivity index (χ0n) is 18.8. The van der Waals surface area contributed by atoms with E-state index in [1.807, 2.05) is 24.3 Å². The summed E-state index contributed by atoms with van der Waals surface area (Å²) < 4.78 is 30.8. The minimum absolute atomic E-state index is 0.0892. The third kappa shape index (κ3) is 3.83. The van der Waals surface area contributed by atoms with Crippen LogP contribution in [0.2, 0.25) is 0 Å². The van der Waals surface area contributed by atoms with E-state index in [0.29, 0.717) is 19.4 Å². The molecule has 1 aliphatic heterocycles. The molecular formula is C27H26F2N4O. The first-order valence-corrected chi connectivity index (χ1v) is 12.0. The molecule has 1 aliphatic carbocycles. The van der Waals surface area contributed by atoms with Gasteiger partial charge in [-0.05, 0) is 48.9 Å². The first kappa shape index (κ1) is 21.2. The molecular weight excluding hydrogens is 434 g/mol. The molecule has 1 saturated carbocycles. The van der Waals surface area contributed by atoms with Gasteiger partial charge < -0.3 is 9.13 Å². The molecule has 1 aromatic carbocycles.